The van der Waals surface area contributed by atoms with E-state index in [1.807, 2.05) is 52.1 Å². The third kappa shape index (κ3) is 2.45. The van der Waals surface area contributed by atoms with Crippen molar-refractivity contribution in [2.75, 3.05) is 5.32 Å². The maximum atomic E-state index is 12.4. The molecule has 0 saturated carbocycles. The maximum absolute atomic E-state index is 12.4. The standard InChI is InChI=1S/C17H18N4O/c1-10-6-5-7-13(8-10)17(22)19-15-14-11(2)9-12(3)18-16(14)21(4)20-15/h5-9H,1-4H3,(H,19,20,22). The summed E-state index contributed by atoms with van der Waals surface area (Å²) in [5.74, 6) is 0.387. The zero-order chi connectivity index (χ0) is 15.9. The third-order valence-electron chi connectivity index (χ3n) is 3.63. The largest absolute Gasteiger partial charge is 0.304 e. The minimum Gasteiger partial charge on any atom is -0.304 e. The molecule has 0 unspecified atom stereocenters. The van der Waals surface area contributed by atoms with E-state index < -0.39 is 0 Å². The van der Waals surface area contributed by atoms with Crippen LogP contribution in [0.25, 0.3) is 11.0 Å². The molecule has 0 atom stereocenters. The van der Waals surface area contributed by atoms with E-state index in [1.165, 1.54) is 0 Å². The fourth-order valence-corrected chi connectivity index (χ4v) is 2.64. The Balaban J connectivity index is 2.03. The van der Waals surface area contributed by atoms with Crippen LogP contribution in [0.5, 0.6) is 0 Å². The fourth-order valence-electron chi connectivity index (χ4n) is 2.64. The highest BCUT2D eigenvalue weighted by molar-refractivity contribution is 6.08. The summed E-state index contributed by atoms with van der Waals surface area (Å²) in [6.45, 7) is 5.91. The number of benzene rings is 1. The lowest BCUT2D eigenvalue weighted by atomic mass is 10.1. The number of nitrogens with one attached hydrogen (secondary N) is 1. The number of rotatable bonds is 2. The Labute approximate surface area is 129 Å². The second-order valence-corrected chi connectivity index (χ2v) is 5.57. The van der Waals surface area contributed by atoms with Crippen molar-refractivity contribution in [3.8, 4) is 0 Å². The molecule has 5 heteroatoms. The fraction of sp³-hybridized carbons (Fsp3) is 0.235. The molecule has 0 bridgehead atoms. The number of hydrogen-bond donors (Lipinski definition) is 1. The van der Waals surface area contributed by atoms with Crippen LogP contribution < -0.4 is 5.32 Å². The molecule has 3 aromatic rings. The molecule has 1 aromatic carbocycles. The number of pyridine rings is 1. The van der Waals surface area contributed by atoms with Gasteiger partial charge in [-0.25, -0.2) is 9.67 Å². The smallest absolute Gasteiger partial charge is 0.256 e. The molecular formula is C17H18N4O. The summed E-state index contributed by atoms with van der Waals surface area (Å²) in [5.41, 5.74) is 4.43. The van der Waals surface area contributed by atoms with Gasteiger partial charge in [0.05, 0.1) is 5.39 Å². The first-order valence-corrected chi connectivity index (χ1v) is 7.14. The number of aromatic nitrogens is 3. The highest BCUT2D eigenvalue weighted by atomic mass is 16.1. The Morgan fingerprint density at radius 3 is 2.68 bits per heavy atom. The van der Waals surface area contributed by atoms with Crippen molar-refractivity contribution in [2.45, 2.75) is 20.8 Å². The summed E-state index contributed by atoms with van der Waals surface area (Å²) in [6, 6.07) is 9.48. The Kier molecular flexibility index (Phi) is 3.41. The Bertz CT molecular complexity index is 880. The second kappa shape index (κ2) is 5.26. The Hall–Kier alpha value is -2.69. The van der Waals surface area contributed by atoms with Gasteiger partial charge in [0.1, 0.15) is 0 Å². The number of hydrogen-bond acceptors (Lipinski definition) is 3. The van der Waals surface area contributed by atoms with Gasteiger partial charge in [-0.05, 0) is 44.5 Å². The monoisotopic (exact) mass is 294 g/mol. The van der Waals surface area contributed by atoms with Crippen LogP contribution >= 0.6 is 0 Å². The van der Waals surface area contributed by atoms with Crippen LogP contribution in [0.2, 0.25) is 0 Å². The summed E-state index contributed by atoms with van der Waals surface area (Å²) in [6.07, 6.45) is 0. The van der Waals surface area contributed by atoms with E-state index in [0.29, 0.717) is 11.4 Å². The van der Waals surface area contributed by atoms with Crippen molar-refractivity contribution in [1.82, 2.24) is 14.8 Å². The Morgan fingerprint density at radius 1 is 1.18 bits per heavy atom. The summed E-state index contributed by atoms with van der Waals surface area (Å²) in [5, 5.41) is 8.18. The van der Waals surface area contributed by atoms with E-state index in [9.17, 15) is 4.79 Å². The molecule has 0 aliphatic carbocycles. The van der Waals surface area contributed by atoms with E-state index in [0.717, 1.165) is 27.9 Å². The second-order valence-electron chi connectivity index (χ2n) is 5.57. The molecule has 5 nitrogen and oxygen atoms in total. The number of aryl methyl sites for hydroxylation is 4. The minimum absolute atomic E-state index is 0.163. The van der Waals surface area contributed by atoms with Gasteiger partial charge >= 0.3 is 0 Å². The molecule has 1 amide bonds. The molecule has 0 radical (unpaired) electrons. The molecule has 3 rings (SSSR count). The molecule has 0 aliphatic rings. The van der Waals surface area contributed by atoms with Gasteiger partial charge in [0.25, 0.3) is 5.91 Å². The zero-order valence-corrected chi connectivity index (χ0v) is 13.1. The minimum atomic E-state index is -0.163. The van der Waals surface area contributed by atoms with Crippen LogP contribution in [-0.2, 0) is 7.05 Å². The average molecular weight is 294 g/mol. The number of carbonyl (C=O) groups is 1. The van der Waals surface area contributed by atoms with Crippen LogP contribution in [0.4, 0.5) is 5.82 Å². The van der Waals surface area contributed by atoms with Gasteiger partial charge in [0, 0.05) is 18.3 Å². The van der Waals surface area contributed by atoms with Gasteiger partial charge in [-0.2, -0.15) is 5.10 Å². The summed E-state index contributed by atoms with van der Waals surface area (Å²) in [7, 11) is 1.83. The first kappa shape index (κ1) is 14.3. The SMILES string of the molecule is Cc1cccc(C(=O)Nc2nn(C)c3nc(C)cc(C)c23)c1. The van der Waals surface area contributed by atoms with Crippen molar-refractivity contribution in [3.05, 3.63) is 52.7 Å². The van der Waals surface area contributed by atoms with Crippen molar-refractivity contribution < 1.29 is 4.79 Å². The zero-order valence-electron chi connectivity index (χ0n) is 13.1. The topological polar surface area (TPSA) is 59.8 Å². The van der Waals surface area contributed by atoms with Crippen molar-refractivity contribution in [2.24, 2.45) is 7.05 Å². The molecular weight excluding hydrogens is 276 g/mol. The number of anilines is 1. The number of nitrogens with zero attached hydrogens (tertiary/aromatic N) is 3. The van der Waals surface area contributed by atoms with Crippen LogP contribution in [0.1, 0.15) is 27.2 Å². The lowest BCUT2D eigenvalue weighted by Crippen LogP contribution is -2.13. The molecule has 22 heavy (non-hydrogen) atoms. The third-order valence-corrected chi connectivity index (χ3v) is 3.63. The highest BCUT2D eigenvalue weighted by Crippen LogP contribution is 2.25. The first-order chi connectivity index (χ1) is 10.5. The number of amides is 1. The van der Waals surface area contributed by atoms with Crippen LogP contribution in [0.15, 0.2) is 30.3 Å². The highest BCUT2D eigenvalue weighted by Gasteiger charge is 2.16. The number of fused-ring (bicyclic) bond motifs is 1. The summed E-state index contributed by atoms with van der Waals surface area (Å²) in [4.78, 5) is 16.9. The van der Waals surface area contributed by atoms with Crippen molar-refractivity contribution in [3.63, 3.8) is 0 Å². The molecule has 0 saturated heterocycles. The lowest BCUT2D eigenvalue weighted by Gasteiger charge is -2.05. The van der Waals surface area contributed by atoms with Gasteiger partial charge in [-0.1, -0.05) is 17.7 Å². The van der Waals surface area contributed by atoms with E-state index in [2.05, 4.69) is 15.4 Å². The van der Waals surface area contributed by atoms with Crippen LogP contribution in [0, 0.1) is 20.8 Å². The number of carbonyl (C=O) groups excluding carboxylic acids is 1. The van der Waals surface area contributed by atoms with E-state index >= 15 is 0 Å². The normalized spacial score (nSPS) is 10.9. The molecule has 0 aliphatic heterocycles. The predicted molar refractivity (Wildman–Crippen MR) is 87.1 cm³/mol. The van der Waals surface area contributed by atoms with Gasteiger partial charge in [0.2, 0.25) is 0 Å². The van der Waals surface area contributed by atoms with E-state index in [4.69, 9.17) is 0 Å². The molecule has 0 fully saturated rings. The van der Waals surface area contributed by atoms with Gasteiger partial charge in [-0.3, -0.25) is 4.79 Å². The molecule has 2 aromatic heterocycles. The maximum Gasteiger partial charge on any atom is 0.256 e. The summed E-state index contributed by atoms with van der Waals surface area (Å²) < 4.78 is 1.70. The van der Waals surface area contributed by atoms with Crippen LogP contribution in [0.3, 0.4) is 0 Å². The summed E-state index contributed by atoms with van der Waals surface area (Å²) >= 11 is 0. The van der Waals surface area contributed by atoms with Crippen LogP contribution in [-0.4, -0.2) is 20.7 Å². The lowest BCUT2D eigenvalue weighted by molar-refractivity contribution is 0.102. The molecule has 1 N–H and O–H groups in total. The van der Waals surface area contributed by atoms with Gasteiger partial charge in [-0.15, -0.1) is 0 Å². The molecule has 2 heterocycles. The van der Waals surface area contributed by atoms with Crippen molar-refractivity contribution >= 4 is 22.8 Å². The first-order valence-electron chi connectivity index (χ1n) is 7.14. The molecule has 0 spiro atoms. The molecule has 112 valence electrons. The quantitative estimate of drug-likeness (QED) is 0.790. The van der Waals surface area contributed by atoms with E-state index in [-0.39, 0.29) is 5.91 Å². The Morgan fingerprint density at radius 2 is 1.95 bits per heavy atom. The predicted octanol–water partition coefficient (Wildman–Crippen LogP) is 3.15. The van der Waals surface area contributed by atoms with Gasteiger partial charge in [0.15, 0.2) is 11.5 Å². The van der Waals surface area contributed by atoms with Crippen molar-refractivity contribution in [1.29, 1.82) is 0 Å². The van der Waals surface area contributed by atoms with E-state index in [1.54, 1.807) is 10.7 Å². The van der Waals surface area contributed by atoms with Gasteiger partial charge < -0.3 is 5.32 Å². The average Bonchev–Trinajstić information content (AvgIpc) is 2.75.